The maximum Gasteiger partial charge on any atom is 0.335 e. The molecule has 4 heteroatoms. The predicted molar refractivity (Wildman–Crippen MR) is 89.0 cm³/mol. The summed E-state index contributed by atoms with van der Waals surface area (Å²) < 4.78 is 5.88. The van der Waals surface area contributed by atoms with Gasteiger partial charge in [-0.1, -0.05) is 36.4 Å². The van der Waals surface area contributed by atoms with Crippen molar-refractivity contribution in [1.29, 1.82) is 0 Å². The molecule has 0 fully saturated rings. The van der Waals surface area contributed by atoms with Gasteiger partial charge in [-0.05, 0) is 35.0 Å². The van der Waals surface area contributed by atoms with Crippen molar-refractivity contribution in [3.8, 4) is 5.75 Å². The summed E-state index contributed by atoms with van der Waals surface area (Å²) in [7, 11) is 0. The van der Waals surface area contributed by atoms with Crippen LogP contribution in [-0.2, 0) is 6.54 Å². The number of nitrogens with zero attached hydrogens (tertiary/aromatic N) is 1. The highest BCUT2D eigenvalue weighted by molar-refractivity contribution is 5.90. The third-order valence-electron chi connectivity index (χ3n) is 4.18. The average molecular weight is 305 g/mol. The van der Waals surface area contributed by atoms with E-state index in [2.05, 4.69) is 18.2 Å². The maximum atomic E-state index is 11.2. The molecule has 1 N–H and O–H groups in total. The van der Waals surface area contributed by atoms with Gasteiger partial charge in [0.05, 0.1) is 12.1 Å². The van der Waals surface area contributed by atoms with Gasteiger partial charge in [0.25, 0.3) is 0 Å². The van der Waals surface area contributed by atoms with Crippen LogP contribution >= 0.6 is 0 Å². The number of carbonyl (C=O) groups is 1. The molecule has 0 spiro atoms. The van der Waals surface area contributed by atoms with E-state index < -0.39 is 5.97 Å². The van der Waals surface area contributed by atoms with Crippen LogP contribution < -0.4 is 9.64 Å². The second-order valence-corrected chi connectivity index (χ2v) is 5.59. The maximum absolute atomic E-state index is 11.2. The molecule has 0 aliphatic carbocycles. The van der Waals surface area contributed by atoms with Crippen LogP contribution in [0.2, 0.25) is 0 Å². The number of carboxylic acids is 1. The van der Waals surface area contributed by atoms with E-state index >= 15 is 0 Å². The van der Waals surface area contributed by atoms with Crippen LogP contribution in [0.1, 0.15) is 15.9 Å². The molecule has 0 radical (unpaired) electrons. The molecule has 4 rings (SSSR count). The topological polar surface area (TPSA) is 49.8 Å². The molecule has 0 saturated heterocycles. The summed E-state index contributed by atoms with van der Waals surface area (Å²) in [5, 5.41) is 11.5. The van der Waals surface area contributed by atoms with Gasteiger partial charge in [0.15, 0.2) is 6.73 Å². The molecule has 3 aromatic carbocycles. The third-order valence-corrected chi connectivity index (χ3v) is 4.18. The van der Waals surface area contributed by atoms with E-state index in [1.807, 2.05) is 29.2 Å². The largest absolute Gasteiger partial charge is 0.478 e. The third kappa shape index (κ3) is 2.38. The Morgan fingerprint density at radius 1 is 1.04 bits per heavy atom. The molecule has 0 bridgehead atoms. The van der Waals surface area contributed by atoms with E-state index in [0.717, 1.165) is 17.0 Å². The minimum atomic E-state index is -0.921. The van der Waals surface area contributed by atoms with Crippen LogP contribution in [0.25, 0.3) is 10.8 Å². The van der Waals surface area contributed by atoms with E-state index in [1.54, 1.807) is 18.2 Å². The Hall–Kier alpha value is -3.01. The van der Waals surface area contributed by atoms with Crippen molar-refractivity contribution in [2.45, 2.75) is 6.54 Å². The fraction of sp³-hybridized carbons (Fsp3) is 0.105. The second-order valence-electron chi connectivity index (χ2n) is 5.59. The van der Waals surface area contributed by atoms with Crippen LogP contribution in [0.3, 0.4) is 0 Å². The van der Waals surface area contributed by atoms with Crippen molar-refractivity contribution in [3.05, 3.63) is 71.8 Å². The molecule has 0 atom stereocenters. The van der Waals surface area contributed by atoms with E-state index in [1.165, 1.54) is 10.8 Å². The second kappa shape index (κ2) is 5.32. The average Bonchev–Trinajstić information content (AvgIpc) is 2.61. The fourth-order valence-electron chi connectivity index (χ4n) is 3.00. The number of hydrogen-bond donors (Lipinski definition) is 1. The lowest BCUT2D eigenvalue weighted by atomic mass is 10.0. The van der Waals surface area contributed by atoms with Crippen LogP contribution in [0.4, 0.5) is 5.69 Å². The quantitative estimate of drug-likeness (QED) is 0.780. The minimum absolute atomic E-state index is 0.284. The minimum Gasteiger partial charge on any atom is -0.478 e. The number of benzene rings is 3. The molecule has 0 aromatic heterocycles. The Balaban J connectivity index is 1.75. The number of ether oxygens (including phenoxy) is 1. The normalized spacial score (nSPS) is 13.5. The zero-order chi connectivity index (χ0) is 15.8. The SMILES string of the molecule is O=C(O)c1cccc(N2COc3ccc4ccccc4c3C2)c1. The monoisotopic (exact) mass is 305 g/mol. The molecular formula is C19H15NO3. The molecule has 23 heavy (non-hydrogen) atoms. The Bertz CT molecular complexity index is 904. The zero-order valence-corrected chi connectivity index (χ0v) is 12.4. The highest BCUT2D eigenvalue weighted by atomic mass is 16.5. The van der Waals surface area contributed by atoms with Gasteiger partial charge in [-0.25, -0.2) is 4.79 Å². The van der Waals surface area contributed by atoms with Gasteiger partial charge < -0.3 is 14.7 Å². The van der Waals surface area contributed by atoms with Gasteiger partial charge in [-0.2, -0.15) is 0 Å². The van der Waals surface area contributed by atoms with Crippen LogP contribution in [0, 0.1) is 0 Å². The van der Waals surface area contributed by atoms with Crippen molar-refractivity contribution >= 4 is 22.4 Å². The smallest absolute Gasteiger partial charge is 0.335 e. The van der Waals surface area contributed by atoms with Crippen LogP contribution in [0.5, 0.6) is 5.75 Å². The number of anilines is 1. The first-order valence-corrected chi connectivity index (χ1v) is 7.44. The molecule has 4 nitrogen and oxygen atoms in total. The van der Waals surface area contributed by atoms with Crippen molar-refractivity contribution < 1.29 is 14.6 Å². The number of aromatic carboxylic acids is 1. The van der Waals surface area contributed by atoms with E-state index in [4.69, 9.17) is 9.84 Å². The van der Waals surface area contributed by atoms with Crippen molar-refractivity contribution in [2.75, 3.05) is 11.6 Å². The summed E-state index contributed by atoms with van der Waals surface area (Å²) in [4.78, 5) is 13.2. The van der Waals surface area contributed by atoms with Crippen LogP contribution in [0.15, 0.2) is 60.7 Å². The summed E-state index contributed by atoms with van der Waals surface area (Å²) >= 11 is 0. The van der Waals surface area contributed by atoms with Gasteiger partial charge in [-0.3, -0.25) is 0 Å². The van der Waals surface area contributed by atoms with E-state index in [9.17, 15) is 4.79 Å². The van der Waals surface area contributed by atoms with E-state index in [0.29, 0.717) is 13.3 Å². The molecule has 0 saturated carbocycles. The lowest BCUT2D eigenvalue weighted by molar-refractivity contribution is 0.0697. The molecule has 0 amide bonds. The molecular weight excluding hydrogens is 290 g/mol. The number of carboxylic acid groups (broad SMARTS) is 1. The highest BCUT2D eigenvalue weighted by Gasteiger charge is 2.20. The lowest BCUT2D eigenvalue weighted by Gasteiger charge is -2.31. The summed E-state index contributed by atoms with van der Waals surface area (Å²) in [5.41, 5.74) is 2.27. The first-order valence-electron chi connectivity index (χ1n) is 7.44. The Kier molecular flexibility index (Phi) is 3.15. The number of fused-ring (bicyclic) bond motifs is 3. The highest BCUT2D eigenvalue weighted by Crippen LogP contribution is 2.34. The fourth-order valence-corrected chi connectivity index (χ4v) is 3.00. The van der Waals surface area contributed by atoms with Gasteiger partial charge in [0, 0.05) is 11.3 Å². The lowest BCUT2D eigenvalue weighted by Crippen LogP contribution is -2.32. The van der Waals surface area contributed by atoms with Crippen molar-refractivity contribution in [3.63, 3.8) is 0 Å². The summed E-state index contributed by atoms with van der Waals surface area (Å²) in [6.45, 7) is 1.11. The first-order chi connectivity index (χ1) is 11.2. The zero-order valence-electron chi connectivity index (χ0n) is 12.4. The summed E-state index contributed by atoms with van der Waals surface area (Å²) in [5.74, 6) is -0.0232. The standard InChI is InChI=1S/C19H15NO3/c21-19(22)14-5-3-6-15(10-14)20-11-17-16-7-2-1-4-13(16)8-9-18(17)23-12-20/h1-10H,11-12H2,(H,21,22). The molecule has 114 valence electrons. The molecule has 1 aliphatic heterocycles. The molecule has 0 unspecified atom stereocenters. The predicted octanol–water partition coefficient (Wildman–Crippen LogP) is 3.89. The number of hydrogen-bond acceptors (Lipinski definition) is 3. The molecule has 1 heterocycles. The Morgan fingerprint density at radius 2 is 1.91 bits per heavy atom. The summed E-state index contributed by atoms with van der Waals surface area (Å²) in [6, 6.07) is 19.2. The summed E-state index contributed by atoms with van der Waals surface area (Å²) in [6.07, 6.45) is 0. The Labute approximate surface area is 133 Å². The molecule has 1 aliphatic rings. The number of rotatable bonds is 2. The Morgan fingerprint density at radius 3 is 2.78 bits per heavy atom. The van der Waals surface area contributed by atoms with Gasteiger partial charge >= 0.3 is 5.97 Å². The first kappa shape index (κ1) is 13.6. The molecule has 3 aromatic rings. The van der Waals surface area contributed by atoms with Gasteiger partial charge in [-0.15, -0.1) is 0 Å². The van der Waals surface area contributed by atoms with Crippen molar-refractivity contribution in [2.24, 2.45) is 0 Å². The van der Waals surface area contributed by atoms with Gasteiger partial charge in [0.2, 0.25) is 0 Å². The van der Waals surface area contributed by atoms with Crippen molar-refractivity contribution in [1.82, 2.24) is 0 Å². The van der Waals surface area contributed by atoms with Crippen LogP contribution in [-0.4, -0.2) is 17.8 Å². The van der Waals surface area contributed by atoms with E-state index in [-0.39, 0.29) is 5.56 Å². The van der Waals surface area contributed by atoms with Gasteiger partial charge in [0.1, 0.15) is 5.75 Å².